The number of aromatic nitrogens is 1. The number of carbonyl (C=O) groups is 2. The van der Waals surface area contributed by atoms with Crippen molar-refractivity contribution in [3.05, 3.63) is 29.6 Å². The molecule has 4 nitrogen and oxygen atoms in total. The van der Waals surface area contributed by atoms with Gasteiger partial charge in [-0.05, 0) is 24.5 Å². The molecule has 0 unspecified atom stereocenters. The lowest BCUT2D eigenvalue weighted by Crippen LogP contribution is -2.50. The van der Waals surface area contributed by atoms with E-state index in [0.717, 1.165) is 31.2 Å². The maximum atomic E-state index is 12.0. The average molecular weight is 216 g/mol. The molecule has 0 atom stereocenters. The van der Waals surface area contributed by atoms with Crippen molar-refractivity contribution in [3.63, 3.8) is 0 Å². The lowest BCUT2D eigenvalue weighted by atomic mass is 9.74. The lowest BCUT2D eigenvalue weighted by Gasteiger charge is -2.33. The van der Waals surface area contributed by atoms with Gasteiger partial charge in [0.05, 0.1) is 11.0 Å². The Labute approximate surface area is 93.1 Å². The molecule has 16 heavy (non-hydrogen) atoms. The second kappa shape index (κ2) is 3.14. The van der Waals surface area contributed by atoms with E-state index in [9.17, 15) is 9.59 Å². The van der Waals surface area contributed by atoms with Gasteiger partial charge in [-0.15, -0.1) is 0 Å². The number of hydrogen-bond donors (Lipinski definition) is 1. The Balaban J connectivity index is 2.23. The molecule has 1 saturated carbocycles. The molecule has 3 rings (SSSR count). The molecule has 82 valence electrons. The van der Waals surface area contributed by atoms with Crippen LogP contribution in [-0.2, 0) is 10.2 Å². The van der Waals surface area contributed by atoms with Crippen molar-refractivity contribution in [1.29, 1.82) is 0 Å². The third kappa shape index (κ3) is 1.07. The second-order valence-electron chi connectivity index (χ2n) is 4.49. The fourth-order valence-corrected chi connectivity index (χ4v) is 2.88. The molecule has 1 aromatic rings. The van der Waals surface area contributed by atoms with Crippen molar-refractivity contribution in [2.75, 3.05) is 0 Å². The second-order valence-corrected chi connectivity index (χ2v) is 4.49. The fraction of sp³-hybridized carbons (Fsp3) is 0.417. The van der Waals surface area contributed by atoms with Crippen LogP contribution in [0.4, 0.5) is 0 Å². The molecule has 1 aliphatic heterocycles. The number of nitrogens with one attached hydrogen (secondary N) is 1. The third-order valence-corrected chi connectivity index (χ3v) is 3.70. The van der Waals surface area contributed by atoms with Crippen molar-refractivity contribution in [3.8, 4) is 0 Å². The molecule has 4 heteroatoms. The Morgan fingerprint density at radius 3 is 2.75 bits per heavy atom. The predicted octanol–water partition coefficient (Wildman–Crippen LogP) is 1.16. The fourth-order valence-electron chi connectivity index (χ4n) is 2.88. The van der Waals surface area contributed by atoms with Crippen LogP contribution >= 0.6 is 0 Å². The van der Waals surface area contributed by atoms with E-state index in [4.69, 9.17) is 0 Å². The lowest BCUT2D eigenvalue weighted by molar-refractivity contribution is -0.126. The number of hydrogen-bond acceptors (Lipinski definition) is 3. The van der Waals surface area contributed by atoms with E-state index >= 15 is 0 Å². The van der Waals surface area contributed by atoms with E-state index in [1.165, 1.54) is 0 Å². The van der Waals surface area contributed by atoms with Crippen molar-refractivity contribution >= 4 is 11.8 Å². The highest BCUT2D eigenvalue weighted by atomic mass is 16.2. The molecule has 0 bridgehead atoms. The Kier molecular flexibility index (Phi) is 1.87. The molecule has 1 aromatic heterocycles. The summed E-state index contributed by atoms with van der Waals surface area (Å²) in [5.74, 6) is -0.445. The van der Waals surface area contributed by atoms with Crippen LogP contribution in [0.15, 0.2) is 18.5 Å². The highest BCUT2D eigenvalue weighted by molar-refractivity contribution is 6.13. The summed E-state index contributed by atoms with van der Waals surface area (Å²) >= 11 is 0. The molecular weight excluding hydrogens is 204 g/mol. The molecule has 1 spiro atoms. The number of amides is 2. The first-order valence-electron chi connectivity index (χ1n) is 5.54. The first kappa shape index (κ1) is 9.51. The van der Waals surface area contributed by atoms with Gasteiger partial charge in [0.1, 0.15) is 0 Å². The molecule has 0 saturated heterocycles. The molecule has 2 heterocycles. The number of fused-ring (bicyclic) bond motifs is 2. The summed E-state index contributed by atoms with van der Waals surface area (Å²) in [6, 6.07) is 1.82. The van der Waals surface area contributed by atoms with E-state index in [1.54, 1.807) is 12.4 Å². The quantitative estimate of drug-likeness (QED) is 0.662. The van der Waals surface area contributed by atoms with Crippen LogP contribution in [0.2, 0.25) is 0 Å². The molecule has 1 aliphatic carbocycles. The van der Waals surface area contributed by atoms with Crippen molar-refractivity contribution in [2.24, 2.45) is 0 Å². The standard InChI is InChI=1S/C12H12N2O2/c15-10-8-7-13-6-3-9(8)12(11(16)14-10)4-1-2-5-12/h3,6-7H,1-2,4-5H2,(H,14,15,16). The van der Waals surface area contributed by atoms with Gasteiger partial charge in [0.25, 0.3) is 5.91 Å². The summed E-state index contributed by atoms with van der Waals surface area (Å²) in [6.45, 7) is 0. The first-order chi connectivity index (χ1) is 7.74. The van der Waals surface area contributed by atoms with Crippen molar-refractivity contribution in [2.45, 2.75) is 31.1 Å². The van der Waals surface area contributed by atoms with Gasteiger partial charge in [-0.2, -0.15) is 0 Å². The van der Waals surface area contributed by atoms with Crippen LogP contribution in [-0.4, -0.2) is 16.8 Å². The maximum absolute atomic E-state index is 12.0. The van der Waals surface area contributed by atoms with Crippen LogP contribution in [0.3, 0.4) is 0 Å². The van der Waals surface area contributed by atoms with Gasteiger partial charge in [0.15, 0.2) is 0 Å². The van der Waals surface area contributed by atoms with E-state index in [-0.39, 0.29) is 11.8 Å². The SMILES string of the molecule is O=C1NC(=O)C2(CCCC2)c2ccncc21. The Morgan fingerprint density at radius 2 is 2.00 bits per heavy atom. The van der Waals surface area contributed by atoms with Gasteiger partial charge in [-0.25, -0.2) is 0 Å². The normalized spacial score (nSPS) is 22.0. The van der Waals surface area contributed by atoms with Gasteiger partial charge in [0, 0.05) is 12.4 Å². The Hall–Kier alpha value is -1.71. The molecule has 1 fully saturated rings. The summed E-state index contributed by atoms with van der Waals surface area (Å²) in [4.78, 5) is 27.7. The highest BCUT2D eigenvalue weighted by Gasteiger charge is 2.48. The smallest absolute Gasteiger partial charge is 0.259 e. The predicted molar refractivity (Wildman–Crippen MR) is 56.9 cm³/mol. The molecule has 0 radical (unpaired) electrons. The zero-order chi connectivity index (χ0) is 11.2. The molecule has 2 aliphatic rings. The minimum atomic E-state index is -0.466. The van der Waals surface area contributed by atoms with Crippen LogP contribution < -0.4 is 5.32 Å². The topological polar surface area (TPSA) is 59.1 Å². The summed E-state index contributed by atoms with van der Waals surface area (Å²) < 4.78 is 0. The number of imide groups is 1. The molecule has 0 aromatic carbocycles. The monoisotopic (exact) mass is 216 g/mol. The minimum Gasteiger partial charge on any atom is -0.291 e. The van der Waals surface area contributed by atoms with Crippen LogP contribution in [0, 0.1) is 0 Å². The average Bonchev–Trinajstić information content (AvgIpc) is 2.77. The van der Waals surface area contributed by atoms with Gasteiger partial charge in [-0.3, -0.25) is 19.9 Å². The largest absolute Gasteiger partial charge is 0.291 e. The van der Waals surface area contributed by atoms with Gasteiger partial charge >= 0.3 is 0 Å². The summed E-state index contributed by atoms with van der Waals surface area (Å²) in [6.07, 6.45) is 6.97. The van der Waals surface area contributed by atoms with Crippen LogP contribution in [0.25, 0.3) is 0 Å². The summed E-state index contributed by atoms with van der Waals surface area (Å²) in [7, 11) is 0. The number of nitrogens with zero attached hydrogens (tertiary/aromatic N) is 1. The summed E-state index contributed by atoms with van der Waals surface area (Å²) in [5.41, 5.74) is 0.962. The van der Waals surface area contributed by atoms with E-state index in [0.29, 0.717) is 5.56 Å². The minimum absolute atomic E-state index is 0.131. The van der Waals surface area contributed by atoms with Gasteiger partial charge in [-0.1, -0.05) is 12.8 Å². The number of pyridine rings is 1. The van der Waals surface area contributed by atoms with Gasteiger partial charge < -0.3 is 0 Å². The number of rotatable bonds is 0. The van der Waals surface area contributed by atoms with Crippen molar-refractivity contribution in [1.82, 2.24) is 10.3 Å². The number of carbonyl (C=O) groups excluding carboxylic acids is 2. The van der Waals surface area contributed by atoms with E-state index in [2.05, 4.69) is 10.3 Å². The zero-order valence-electron chi connectivity index (χ0n) is 8.82. The van der Waals surface area contributed by atoms with Crippen LogP contribution in [0.1, 0.15) is 41.6 Å². The molecule has 2 amide bonds. The molecular formula is C12H12N2O2. The third-order valence-electron chi connectivity index (χ3n) is 3.70. The maximum Gasteiger partial charge on any atom is 0.259 e. The highest BCUT2D eigenvalue weighted by Crippen LogP contribution is 2.44. The Bertz CT molecular complexity index is 476. The van der Waals surface area contributed by atoms with Gasteiger partial charge in [0.2, 0.25) is 5.91 Å². The van der Waals surface area contributed by atoms with Crippen molar-refractivity contribution < 1.29 is 9.59 Å². The van der Waals surface area contributed by atoms with E-state index < -0.39 is 5.41 Å². The molecule has 1 N–H and O–H groups in total. The zero-order valence-corrected chi connectivity index (χ0v) is 8.82. The van der Waals surface area contributed by atoms with Crippen LogP contribution in [0.5, 0.6) is 0 Å². The van der Waals surface area contributed by atoms with E-state index in [1.807, 2.05) is 6.07 Å². The Morgan fingerprint density at radius 1 is 1.25 bits per heavy atom. The first-order valence-corrected chi connectivity index (χ1v) is 5.54. The summed E-state index contributed by atoms with van der Waals surface area (Å²) in [5, 5.41) is 2.45.